The molecule has 0 aliphatic heterocycles. The van der Waals surface area contributed by atoms with Crippen molar-refractivity contribution in [2.24, 2.45) is 0 Å². The second-order valence-electron chi connectivity index (χ2n) is 5.22. The van der Waals surface area contributed by atoms with Crippen molar-refractivity contribution in [3.63, 3.8) is 0 Å². The zero-order valence-corrected chi connectivity index (χ0v) is 13.4. The van der Waals surface area contributed by atoms with Crippen molar-refractivity contribution in [2.75, 3.05) is 25.1 Å². The lowest BCUT2D eigenvalue weighted by atomic mass is 9.98. The number of rotatable bonds is 8. The number of thiazole rings is 1. The molecule has 3 N–H and O–H groups in total. The van der Waals surface area contributed by atoms with Gasteiger partial charge in [-0.3, -0.25) is 10.1 Å². The quantitative estimate of drug-likeness (QED) is 0.659. The number of aromatic nitrogens is 1. The number of carbonyl (C=O) groups is 2. The van der Waals surface area contributed by atoms with E-state index in [2.05, 4.69) is 22.5 Å². The Morgan fingerprint density at radius 1 is 1.45 bits per heavy atom. The molecule has 0 saturated heterocycles. The van der Waals surface area contributed by atoms with Gasteiger partial charge in [-0.1, -0.05) is 6.92 Å². The number of ether oxygens (including phenoxy) is 1. The number of anilines is 1. The third-order valence-corrected chi connectivity index (χ3v) is 4.36. The molecule has 1 heterocycles. The lowest BCUT2D eigenvalue weighted by Gasteiger charge is -2.21. The van der Waals surface area contributed by atoms with Gasteiger partial charge in [0.05, 0.1) is 5.69 Å². The fourth-order valence-corrected chi connectivity index (χ4v) is 3.44. The van der Waals surface area contributed by atoms with Crippen LogP contribution in [0.3, 0.4) is 0 Å². The van der Waals surface area contributed by atoms with Gasteiger partial charge in [0.1, 0.15) is 13.2 Å². The van der Waals surface area contributed by atoms with Crippen molar-refractivity contribution >= 4 is 28.3 Å². The zero-order chi connectivity index (χ0) is 15.9. The summed E-state index contributed by atoms with van der Waals surface area (Å²) in [6.07, 6.45) is 4.03. The highest BCUT2D eigenvalue weighted by Gasteiger charge is 2.22. The van der Waals surface area contributed by atoms with E-state index in [4.69, 9.17) is 9.84 Å². The number of carboxylic acids is 1. The molecule has 8 heteroatoms. The van der Waals surface area contributed by atoms with Crippen LogP contribution in [-0.4, -0.2) is 47.8 Å². The van der Waals surface area contributed by atoms with E-state index in [1.807, 2.05) is 0 Å². The van der Waals surface area contributed by atoms with E-state index >= 15 is 0 Å². The molecular formula is C14H21N3O4S. The minimum Gasteiger partial charge on any atom is -0.480 e. The predicted octanol–water partition coefficient (Wildman–Crippen LogP) is 1.04. The monoisotopic (exact) mass is 327 g/mol. The minimum atomic E-state index is -1.09. The van der Waals surface area contributed by atoms with Crippen LogP contribution in [0.1, 0.15) is 30.3 Å². The second kappa shape index (κ2) is 8.21. The van der Waals surface area contributed by atoms with Gasteiger partial charge in [0, 0.05) is 10.9 Å². The Kier molecular flexibility index (Phi) is 6.29. The van der Waals surface area contributed by atoms with Crippen LogP contribution < -0.4 is 10.6 Å². The van der Waals surface area contributed by atoms with Crippen molar-refractivity contribution in [1.82, 2.24) is 10.3 Å². The van der Waals surface area contributed by atoms with Crippen molar-refractivity contribution < 1.29 is 19.4 Å². The molecule has 1 amide bonds. The molecule has 2 rings (SSSR count). The van der Waals surface area contributed by atoms with E-state index in [0.29, 0.717) is 11.2 Å². The van der Waals surface area contributed by atoms with Gasteiger partial charge in [-0.25, -0.2) is 9.78 Å². The highest BCUT2D eigenvalue weighted by atomic mass is 32.1. The third kappa shape index (κ3) is 5.04. The van der Waals surface area contributed by atoms with Crippen molar-refractivity contribution in [1.29, 1.82) is 0 Å². The highest BCUT2D eigenvalue weighted by molar-refractivity contribution is 7.15. The maximum atomic E-state index is 11.6. The fourth-order valence-electron chi connectivity index (χ4n) is 2.34. The summed E-state index contributed by atoms with van der Waals surface area (Å²) < 4.78 is 4.75. The average molecular weight is 327 g/mol. The molecule has 1 aliphatic rings. The Bertz CT molecular complexity index is 532. The molecule has 0 bridgehead atoms. The molecule has 7 nitrogen and oxygen atoms in total. The van der Waals surface area contributed by atoms with Gasteiger partial charge in [-0.05, 0) is 32.2 Å². The first-order valence-corrected chi connectivity index (χ1v) is 8.21. The van der Waals surface area contributed by atoms with Crippen molar-refractivity contribution in [3.05, 3.63) is 10.6 Å². The zero-order valence-electron chi connectivity index (χ0n) is 12.6. The number of aryl methyl sites for hydroxylation is 1. The molecule has 122 valence electrons. The summed E-state index contributed by atoms with van der Waals surface area (Å²) in [6.45, 7) is 2.40. The van der Waals surface area contributed by atoms with Crippen LogP contribution >= 0.6 is 11.3 Å². The van der Waals surface area contributed by atoms with Crippen LogP contribution in [-0.2, 0) is 27.2 Å². The number of aliphatic carboxylic acids is 1. The summed E-state index contributed by atoms with van der Waals surface area (Å²) in [4.78, 5) is 27.6. The van der Waals surface area contributed by atoms with Crippen LogP contribution in [0.2, 0.25) is 0 Å². The smallest absolute Gasteiger partial charge is 0.329 e. The highest BCUT2D eigenvalue weighted by Crippen LogP contribution is 2.29. The second-order valence-corrected chi connectivity index (χ2v) is 6.30. The SMILES string of the molecule is CCCN[C@H]1CCc2nc(NC(=O)COCC(=O)O)sc2C1. The molecule has 0 spiro atoms. The molecule has 0 radical (unpaired) electrons. The molecule has 1 aromatic rings. The summed E-state index contributed by atoms with van der Waals surface area (Å²) in [7, 11) is 0. The first-order valence-electron chi connectivity index (χ1n) is 7.39. The van der Waals surface area contributed by atoms with Gasteiger partial charge < -0.3 is 15.2 Å². The van der Waals surface area contributed by atoms with Crippen LogP contribution in [0.4, 0.5) is 5.13 Å². The Morgan fingerprint density at radius 3 is 3.00 bits per heavy atom. The van der Waals surface area contributed by atoms with Gasteiger partial charge in [0.15, 0.2) is 5.13 Å². The molecule has 1 aromatic heterocycles. The van der Waals surface area contributed by atoms with Gasteiger partial charge in [-0.2, -0.15) is 0 Å². The number of carboxylic acid groups (broad SMARTS) is 1. The maximum Gasteiger partial charge on any atom is 0.329 e. The average Bonchev–Trinajstić information content (AvgIpc) is 2.85. The fraction of sp³-hybridized carbons (Fsp3) is 0.643. The Labute approximate surface area is 133 Å². The van der Waals surface area contributed by atoms with E-state index in [-0.39, 0.29) is 12.5 Å². The van der Waals surface area contributed by atoms with E-state index < -0.39 is 12.6 Å². The molecule has 22 heavy (non-hydrogen) atoms. The number of hydrogen-bond acceptors (Lipinski definition) is 6. The van der Waals surface area contributed by atoms with Crippen LogP contribution in [0.25, 0.3) is 0 Å². The van der Waals surface area contributed by atoms with Gasteiger partial charge in [0.25, 0.3) is 5.91 Å². The van der Waals surface area contributed by atoms with E-state index in [9.17, 15) is 9.59 Å². The van der Waals surface area contributed by atoms with Crippen LogP contribution in [0.5, 0.6) is 0 Å². The summed E-state index contributed by atoms with van der Waals surface area (Å²) in [5.41, 5.74) is 1.06. The lowest BCUT2D eigenvalue weighted by molar-refractivity contribution is -0.143. The summed E-state index contributed by atoms with van der Waals surface area (Å²) in [5, 5.41) is 15.2. The maximum absolute atomic E-state index is 11.6. The van der Waals surface area contributed by atoms with Crippen molar-refractivity contribution in [3.8, 4) is 0 Å². The van der Waals surface area contributed by atoms with Crippen LogP contribution in [0, 0.1) is 0 Å². The molecule has 1 aliphatic carbocycles. The first-order chi connectivity index (χ1) is 10.6. The van der Waals surface area contributed by atoms with Gasteiger partial charge in [-0.15, -0.1) is 11.3 Å². The minimum absolute atomic E-state index is 0.281. The van der Waals surface area contributed by atoms with E-state index in [1.165, 1.54) is 16.2 Å². The Hall–Kier alpha value is -1.51. The van der Waals surface area contributed by atoms with Gasteiger partial charge >= 0.3 is 5.97 Å². The molecule has 0 fully saturated rings. The summed E-state index contributed by atoms with van der Waals surface area (Å²) in [5.74, 6) is -1.48. The molecule has 0 aromatic carbocycles. The van der Waals surface area contributed by atoms with E-state index in [0.717, 1.165) is 37.9 Å². The number of carbonyl (C=O) groups excluding carboxylic acids is 1. The Morgan fingerprint density at radius 2 is 2.27 bits per heavy atom. The molecule has 0 saturated carbocycles. The topological polar surface area (TPSA) is 101 Å². The third-order valence-electron chi connectivity index (χ3n) is 3.33. The molecule has 0 unspecified atom stereocenters. The molecule has 1 atom stereocenters. The lowest BCUT2D eigenvalue weighted by Crippen LogP contribution is -2.34. The normalized spacial score (nSPS) is 17.0. The number of hydrogen-bond donors (Lipinski definition) is 3. The van der Waals surface area contributed by atoms with Crippen molar-refractivity contribution in [2.45, 2.75) is 38.6 Å². The van der Waals surface area contributed by atoms with Crippen LogP contribution in [0.15, 0.2) is 0 Å². The van der Waals surface area contributed by atoms with Gasteiger partial charge in [0.2, 0.25) is 0 Å². The van der Waals surface area contributed by atoms with E-state index in [1.54, 1.807) is 0 Å². The number of nitrogens with zero attached hydrogens (tertiary/aromatic N) is 1. The summed E-state index contributed by atoms with van der Waals surface area (Å²) in [6, 6.07) is 0.482. The standard InChI is InChI=1S/C14H21N3O4S/c1-2-5-15-9-3-4-10-11(6-9)22-14(16-10)17-12(18)7-21-8-13(19)20/h9,15H,2-8H2,1H3,(H,19,20)(H,16,17,18)/t9-/m0/s1. The number of fused-ring (bicyclic) bond motifs is 1. The largest absolute Gasteiger partial charge is 0.480 e. The first kappa shape index (κ1) is 16.9. The Balaban J connectivity index is 1.83. The predicted molar refractivity (Wildman–Crippen MR) is 83.3 cm³/mol. The molecular weight excluding hydrogens is 306 g/mol. The summed E-state index contributed by atoms with van der Waals surface area (Å²) >= 11 is 1.49. The number of nitrogens with one attached hydrogen (secondary N) is 2. The number of amides is 1.